The van der Waals surface area contributed by atoms with E-state index in [1.807, 2.05) is 30.3 Å². The van der Waals surface area contributed by atoms with E-state index in [1.165, 1.54) is 60.7 Å². The number of hydrogen-bond acceptors (Lipinski definition) is 0. The maximum Gasteiger partial charge on any atom is -0.00969 e. The van der Waals surface area contributed by atoms with Crippen molar-refractivity contribution in [2.75, 3.05) is 0 Å². The zero-order chi connectivity index (χ0) is 29.5. The molecule has 0 radical (unpaired) electrons. The topological polar surface area (TPSA) is 0 Å². The first-order valence-electron chi connectivity index (χ1n) is 15.6. The standard InChI is InChI=1S/C29H37.C5H5.C5H10.2ClH.Hf/c1-18-25-22-17-19-13-9-10-14-20(19)24(22)21-15-11-12-16-23(21)29(25,8)28(6,7)27(4,5)26(18,2)3;1-2-4-5-3-1;1-3-5-4-2;;;/h9-11,13-15,23H,12,16-17H2,1-8H3;1-5H;3-4H2,1-2H3;2*1H;/q2*-1;;;;+2/p-2. The summed E-state index contributed by atoms with van der Waals surface area (Å²) < 4.78 is 1.73. The number of halogens is 2. The van der Waals surface area contributed by atoms with Crippen molar-refractivity contribution < 1.29 is 48.7 Å². The second-order valence-electron chi connectivity index (χ2n) is 14.0. The number of fused-ring (bicyclic) bond motifs is 6. The van der Waals surface area contributed by atoms with Crippen molar-refractivity contribution in [3.8, 4) is 0 Å². The van der Waals surface area contributed by atoms with Gasteiger partial charge in [0.15, 0.2) is 0 Å². The molecule has 0 spiro atoms. The number of hydrogen-bond donors (Lipinski definition) is 0. The van der Waals surface area contributed by atoms with Gasteiger partial charge < -0.3 is 24.8 Å². The minimum absolute atomic E-state index is 0. The molecule has 0 heterocycles. The molecule has 2 atom stereocenters. The Morgan fingerprint density at radius 2 is 1.50 bits per heavy atom. The third-order valence-electron chi connectivity index (χ3n) is 12.2. The predicted octanol–water partition coefficient (Wildman–Crippen LogP) is 4.90. The molecule has 42 heavy (non-hydrogen) atoms. The van der Waals surface area contributed by atoms with Crippen LogP contribution in [-0.2, 0) is 30.3 Å². The molecule has 0 nitrogen and oxygen atoms in total. The van der Waals surface area contributed by atoms with Gasteiger partial charge in [-0.1, -0.05) is 113 Å². The minimum Gasteiger partial charge on any atom is -1.00 e. The maximum absolute atomic E-state index is 2.62. The molecule has 6 rings (SSSR count). The molecular formula is C39H52Cl2Hf-2. The summed E-state index contributed by atoms with van der Waals surface area (Å²) in [5.41, 5.74) is 10.3. The van der Waals surface area contributed by atoms with Gasteiger partial charge in [-0.15, -0.1) is 6.92 Å². The van der Waals surface area contributed by atoms with Crippen LogP contribution in [0.2, 0.25) is 0 Å². The van der Waals surface area contributed by atoms with Crippen molar-refractivity contribution in [3.05, 3.63) is 101 Å². The number of allylic oxidation sites excluding steroid dienone is 6. The zero-order valence-electron chi connectivity index (χ0n) is 27.7. The van der Waals surface area contributed by atoms with Crippen LogP contribution in [-0.4, -0.2) is 3.26 Å². The predicted molar refractivity (Wildman–Crippen MR) is 172 cm³/mol. The van der Waals surface area contributed by atoms with Gasteiger partial charge in [-0.25, -0.2) is 18.1 Å². The fraction of sp³-hybridized carbons (Fsp3) is 0.513. The second-order valence-corrected chi connectivity index (χ2v) is 16.6. The normalized spacial score (nSPS) is 25.1. The van der Waals surface area contributed by atoms with Gasteiger partial charge >= 0.3 is 53.8 Å². The van der Waals surface area contributed by atoms with Gasteiger partial charge in [-0.05, 0) is 40.6 Å². The Kier molecular flexibility index (Phi) is 12.3. The average Bonchev–Trinajstić information content (AvgIpc) is 3.64. The molecule has 0 bridgehead atoms. The zero-order valence-corrected chi connectivity index (χ0v) is 32.8. The van der Waals surface area contributed by atoms with E-state index in [4.69, 9.17) is 0 Å². The monoisotopic (exact) mass is 770 g/mol. The van der Waals surface area contributed by atoms with Crippen molar-refractivity contribution in [3.63, 3.8) is 0 Å². The molecule has 3 heteroatoms. The van der Waals surface area contributed by atoms with E-state index in [9.17, 15) is 0 Å². The molecule has 2 unspecified atom stereocenters. The molecule has 0 saturated heterocycles. The molecule has 0 aliphatic heterocycles. The van der Waals surface area contributed by atoms with Gasteiger partial charge in [-0.2, -0.15) is 29.3 Å². The van der Waals surface area contributed by atoms with Crippen LogP contribution >= 0.6 is 0 Å². The first-order chi connectivity index (χ1) is 18.8. The van der Waals surface area contributed by atoms with Crippen LogP contribution in [0.15, 0.2) is 83.5 Å². The Labute approximate surface area is 285 Å². The van der Waals surface area contributed by atoms with Crippen LogP contribution in [0.3, 0.4) is 0 Å². The molecule has 1 saturated carbocycles. The number of rotatable bonds is 2. The summed E-state index contributed by atoms with van der Waals surface area (Å²) in [5, 5.41) is 0. The van der Waals surface area contributed by atoms with Gasteiger partial charge in [0.1, 0.15) is 0 Å². The van der Waals surface area contributed by atoms with E-state index in [1.54, 1.807) is 31.5 Å². The first kappa shape index (κ1) is 37.2. The third kappa shape index (κ3) is 5.74. The van der Waals surface area contributed by atoms with Crippen molar-refractivity contribution >= 4 is 8.83 Å². The second kappa shape index (κ2) is 14.0. The largest absolute Gasteiger partial charge is 1.00 e. The summed E-state index contributed by atoms with van der Waals surface area (Å²) in [7, 11) is 0. The van der Waals surface area contributed by atoms with E-state index < -0.39 is 0 Å². The van der Waals surface area contributed by atoms with E-state index >= 15 is 0 Å². The van der Waals surface area contributed by atoms with Crippen LogP contribution < -0.4 is 24.8 Å². The van der Waals surface area contributed by atoms with E-state index in [-0.39, 0.29) is 46.5 Å². The maximum atomic E-state index is 2.62. The Morgan fingerprint density at radius 1 is 0.905 bits per heavy atom. The van der Waals surface area contributed by atoms with Crippen LogP contribution in [0.1, 0.15) is 106 Å². The number of benzene rings is 1. The molecule has 1 fully saturated rings. The molecule has 0 amide bonds. The van der Waals surface area contributed by atoms with E-state index in [2.05, 4.69) is 106 Å². The Bertz CT molecular complexity index is 1290. The first-order valence-corrected chi connectivity index (χ1v) is 17.4. The summed E-state index contributed by atoms with van der Waals surface area (Å²) in [6, 6.07) is 19.2. The fourth-order valence-electron chi connectivity index (χ4n) is 8.14. The molecule has 228 valence electrons. The van der Waals surface area contributed by atoms with Crippen LogP contribution in [0.25, 0.3) is 5.57 Å². The molecule has 2 aromatic rings. The quantitative estimate of drug-likeness (QED) is 0.302. The molecule has 4 aliphatic rings. The molecular weight excluding hydrogens is 718 g/mol. The summed E-state index contributed by atoms with van der Waals surface area (Å²) in [6.07, 6.45) is 11.1. The van der Waals surface area contributed by atoms with Gasteiger partial charge in [0.05, 0.1) is 0 Å². The fourth-order valence-corrected chi connectivity index (χ4v) is 8.14. The molecule has 0 N–H and O–H groups in total. The van der Waals surface area contributed by atoms with Crippen LogP contribution in [0, 0.1) is 33.5 Å². The Balaban J connectivity index is 0.000000403. The van der Waals surface area contributed by atoms with Crippen molar-refractivity contribution in [1.82, 2.24) is 0 Å². The van der Waals surface area contributed by atoms with Gasteiger partial charge in [0.25, 0.3) is 0 Å². The third-order valence-corrected chi connectivity index (χ3v) is 14.7. The molecule has 2 aromatic carbocycles. The Hall–Kier alpha value is -1.02. The summed E-state index contributed by atoms with van der Waals surface area (Å²) in [6.45, 7) is 24.8. The SMILES string of the molecule is CC[C](=[Hf+2])CC.C[C-]1C2=C3Cc4ccccc4C3=C3C=CCCC3C2(C)C(C)(C)C(C)(C)C1(C)C.[Cl-].[Cl-].c1cc[cH-]c1. The Morgan fingerprint density at radius 3 is 2.02 bits per heavy atom. The van der Waals surface area contributed by atoms with Crippen molar-refractivity contribution in [2.45, 2.75) is 101 Å². The van der Waals surface area contributed by atoms with Crippen LogP contribution in [0.4, 0.5) is 0 Å². The van der Waals surface area contributed by atoms with Crippen LogP contribution in [0.5, 0.6) is 0 Å². The van der Waals surface area contributed by atoms with Gasteiger partial charge in [-0.3, -0.25) is 0 Å². The smallest absolute Gasteiger partial charge is 0.00969 e. The van der Waals surface area contributed by atoms with E-state index in [0.717, 1.165) is 6.42 Å². The summed E-state index contributed by atoms with van der Waals surface area (Å²) in [5.74, 6) is 2.24. The van der Waals surface area contributed by atoms with Gasteiger partial charge in [0, 0.05) is 0 Å². The van der Waals surface area contributed by atoms with E-state index in [0.29, 0.717) is 5.92 Å². The minimum atomic E-state index is 0. The summed E-state index contributed by atoms with van der Waals surface area (Å²) >= 11 is 1.31. The molecule has 4 aliphatic carbocycles. The molecule has 0 aromatic heterocycles. The summed E-state index contributed by atoms with van der Waals surface area (Å²) in [4.78, 5) is 0. The van der Waals surface area contributed by atoms with Crippen molar-refractivity contribution in [1.29, 1.82) is 0 Å². The van der Waals surface area contributed by atoms with Gasteiger partial charge in [0.2, 0.25) is 0 Å². The van der Waals surface area contributed by atoms with Crippen molar-refractivity contribution in [2.24, 2.45) is 27.6 Å². The average molecular weight is 770 g/mol.